The van der Waals surface area contributed by atoms with Gasteiger partial charge < -0.3 is 5.32 Å². The van der Waals surface area contributed by atoms with Gasteiger partial charge in [0.2, 0.25) is 7.28 Å². The quantitative estimate of drug-likeness (QED) is 0.485. The van der Waals surface area contributed by atoms with Crippen molar-refractivity contribution < 1.29 is 4.79 Å². The molecular formula is C21H42BN2OP. The van der Waals surface area contributed by atoms with E-state index < -0.39 is 0 Å². The molecule has 0 spiro atoms. The van der Waals surface area contributed by atoms with Gasteiger partial charge in [-0.25, -0.2) is 0 Å². The molecule has 0 aromatic heterocycles. The van der Waals surface area contributed by atoms with E-state index in [0.29, 0.717) is 23.7 Å². The molecule has 0 bridgehead atoms. The second-order valence-electron chi connectivity index (χ2n) is 8.82. The molecule has 3 nitrogen and oxygen atoms in total. The molecule has 2 N–H and O–H groups in total. The first-order chi connectivity index (χ1) is 12.8. The number of rotatable bonds is 4. The van der Waals surface area contributed by atoms with Gasteiger partial charge in [-0.2, -0.15) is 0 Å². The Balaban J connectivity index is 1.74. The second-order valence-corrected chi connectivity index (χ2v) is 9.15. The highest BCUT2D eigenvalue weighted by Crippen LogP contribution is 2.25. The Morgan fingerprint density at radius 1 is 0.654 bits per heavy atom. The highest BCUT2D eigenvalue weighted by molar-refractivity contribution is 7.13. The minimum absolute atomic E-state index is 0.329. The first-order valence-electron chi connectivity index (χ1n) is 11.5. The molecule has 26 heavy (non-hydrogen) atoms. The molecule has 0 aliphatic heterocycles. The van der Waals surface area contributed by atoms with Crippen LogP contribution >= 0.6 is 9.39 Å². The minimum atomic E-state index is 0.329. The normalized spacial score (nSPS) is 28.0. The maximum absolute atomic E-state index is 12.7. The third-order valence-corrected chi connectivity index (χ3v) is 6.98. The molecular weight excluding hydrogens is 338 g/mol. The van der Waals surface area contributed by atoms with Crippen molar-refractivity contribution in [2.75, 3.05) is 0 Å². The standard InChI is InChI=1S/C21H42BN2OP/c25-21(22-18-12-7-4-2-1-3-5-8-13-18)23-19-14-9-6-10-15-20(24-26)17-11-16-19/h18-20,22,24H,1-17,26H2,(H,23,25). The first kappa shape index (κ1) is 22.2. The van der Waals surface area contributed by atoms with Gasteiger partial charge in [0.05, 0.1) is 0 Å². The Morgan fingerprint density at radius 3 is 1.77 bits per heavy atom. The zero-order valence-corrected chi connectivity index (χ0v) is 18.1. The van der Waals surface area contributed by atoms with Crippen LogP contribution in [0.15, 0.2) is 0 Å². The van der Waals surface area contributed by atoms with Gasteiger partial charge in [-0.05, 0) is 32.1 Å². The molecule has 2 aliphatic carbocycles. The van der Waals surface area contributed by atoms with Gasteiger partial charge >= 0.3 is 0 Å². The summed E-state index contributed by atoms with van der Waals surface area (Å²) in [6, 6.07) is 1.04. The first-order valence-corrected chi connectivity index (χ1v) is 12.1. The third-order valence-electron chi connectivity index (χ3n) is 6.51. The van der Waals surface area contributed by atoms with Crippen LogP contribution in [0.25, 0.3) is 0 Å². The Bertz CT molecular complexity index is 373. The SMILES string of the molecule is O=C(BC1CCCCCCCCC1)NC1CCCCCC(NP)CCC1. The molecule has 3 atom stereocenters. The number of hydrogen-bond acceptors (Lipinski definition) is 2. The molecule has 2 aliphatic rings. The summed E-state index contributed by atoms with van der Waals surface area (Å²) in [5.41, 5.74) is 0. The Hall–Kier alpha value is -0.0751. The maximum atomic E-state index is 12.7. The van der Waals surface area contributed by atoms with Gasteiger partial charge in [-0.3, -0.25) is 9.88 Å². The highest BCUT2D eigenvalue weighted by atomic mass is 31.0. The number of nitrogens with one attached hydrogen (secondary N) is 2. The zero-order valence-electron chi connectivity index (χ0n) is 16.9. The van der Waals surface area contributed by atoms with Crippen molar-refractivity contribution in [2.45, 2.75) is 127 Å². The van der Waals surface area contributed by atoms with E-state index in [2.05, 4.69) is 19.8 Å². The summed E-state index contributed by atoms with van der Waals surface area (Å²) in [6.45, 7) is 0. The number of carbonyl (C=O) groups is 1. The molecule has 2 fully saturated rings. The van der Waals surface area contributed by atoms with E-state index in [1.54, 1.807) is 0 Å². The van der Waals surface area contributed by atoms with Crippen molar-refractivity contribution in [1.29, 1.82) is 0 Å². The van der Waals surface area contributed by atoms with Crippen LogP contribution in [0.4, 0.5) is 4.79 Å². The van der Waals surface area contributed by atoms with Gasteiger partial charge in [-0.1, -0.05) is 92.3 Å². The lowest BCUT2D eigenvalue weighted by Crippen LogP contribution is -2.38. The van der Waals surface area contributed by atoms with Gasteiger partial charge in [0.1, 0.15) is 0 Å². The summed E-state index contributed by atoms with van der Waals surface area (Å²) in [7, 11) is 3.46. The fraction of sp³-hybridized carbons (Fsp3) is 0.952. The topological polar surface area (TPSA) is 41.1 Å². The van der Waals surface area contributed by atoms with Crippen LogP contribution in [0.3, 0.4) is 0 Å². The average molecular weight is 380 g/mol. The van der Waals surface area contributed by atoms with Crippen molar-refractivity contribution in [3.63, 3.8) is 0 Å². The number of hydrogen-bond donors (Lipinski definition) is 2. The molecule has 0 saturated heterocycles. The van der Waals surface area contributed by atoms with E-state index in [1.165, 1.54) is 103 Å². The lowest BCUT2D eigenvalue weighted by atomic mass is 9.59. The summed E-state index contributed by atoms with van der Waals surface area (Å²) in [4.78, 5) is 12.7. The number of carbonyl (C=O) groups excluding carboxylic acids is 1. The van der Waals surface area contributed by atoms with Crippen molar-refractivity contribution >= 4 is 22.5 Å². The van der Waals surface area contributed by atoms with Crippen LogP contribution in [0.5, 0.6) is 0 Å². The molecule has 5 heteroatoms. The Morgan fingerprint density at radius 2 is 1.12 bits per heavy atom. The van der Waals surface area contributed by atoms with Crippen LogP contribution in [0.2, 0.25) is 5.82 Å². The molecule has 0 radical (unpaired) electrons. The predicted octanol–water partition coefficient (Wildman–Crippen LogP) is 5.70. The molecule has 2 saturated carbocycles. The van der Waals surface area contributed by atoms with Gasteiger partial charge in [-0.15, -0.1) is 0 Å². The van der Waals surface area contributed by atoms with Crippen molar-refractivity contribution in [1.82, 2.24) is 10.4 Å². The molecule has 150 valence electrons. The largest absolute Gasteiger partial charge is 0.362 e. The molecule has 0 heterocycles. The average Bonchev–Trinajstić information content (AvgIpc) is 2.65. The van der Waals surface area contributed by atoms with E-state index >= 15 is 0 Å². The monoisotopic (exact) mass is 380 g/mol. The fourth-order valence-corrected chi connectivity index (χ4v) is 5.15. The van der Waals surface area contributed by atoms with E-state index in [-0.39, 0.29) is 0 Å². The predicted molar refractivity (Wildman–Crippen MR) is 118 cm³/mol. The molecule has 3 unspecified atom stereocenters. The van der Waals surface area contributed by atoms with E-state index in [0.717, 1.165) is 13.7 Å². The van der Waals surface area contributed by atoms with E-state index in [4.69, 9.17) is 0 Å². The van der Waals surface area contributed by atoms with Crippen LogP contribution < -0.4 is 10.4 Å². The van der Waals surface area contributed by atoms with Crippen molar-refractivity contribution in [2.24, 2.45) is 0 Å². The fourth-order valence-electron chi connectivity index (χ4n) is 4.82. The number of amides is 1. The van der Waals surface area contributed by atoms with Crippen LogP contribution in [0, 0.1) is 0 Å². The van der Waals surface area contributed by atoms with E-state index in [9.17, 15) is 4.79 Å². The third kappa shape index (κ3) is 9.74. The van der Waals surface area contributed by atoms with Gasteiger partial charge in [0.25, 0.3) is 0 Å². The maximum Gasteiger partial charge on any atom is 0.237 e. The van der Waals surface area contributed by atoms with Crippen molar-refractivity contribution in [3.05, 3.63) is 0 Å². The summed E-state index contributed by atoms with van der Waals surface area (Å²) in [6.07, 6.45) is 22.1. The second kappa shape index (κ2) is 14.0. The molecule has 0 aromatic rings. The molecule has 1 amide bonds. The Labute approximate surface area is 165 Å². The van der Waals surface area contributed by atoms with Crippen LogP contribution in [0.1, 0.15) is 109 Å². The van der Waals surface area contributed by atoms with Crippen molar-refractivity contribution in [3.8, 4) is 0 Å². The summed E-state index contributed by atoms with van der Waals surface area (Å²) < 4.78 is 0. The molecule has 0 aromatic carbocycles. The minimum Gasteiger partial charge on any atom is -0.362 e. The summed E-state index contributed by atoms with van der Waals surface area (Å²) in [5, 5.41) is 6.79. The van der Waals surface area contributed by atoms with Crippen LogP contribution in [-0.2, 0) is 0 Å². The zero-order chi connectivity index (χ0) is 18.5. The van der Waals surface area contributed by atoms with Crippen LogP contribution in [-0.4, -0.2) is 25.2 Å². The lowest BCUT2D eigenvalue weighted by Gasteiger charge is -2.24. The summed E-state index contributed by atoms with van der Waals surface area (Å²) in [5.74, 6) is 0.952. The van der Waals surface area contributed by atoms with E-state index in [1.807, 2.05) is 0 Å². The van der Waals surface area contributed by atoms with Gasteiger partial charge in [0, 0.05) is 12.1 Å². The highest BCUT2D eigenvalue weighted by Gasteiger charge is 2.20. The smallest absolute Gasteiger partial charge is 0.237 e. The lowest BCUT2D eigenvalue weighted by molar-refractivity contribution is 0.252. The summed E-state index contributed by atoms with van der Waals surface area (Å²) >= 11 is 0. The Kier molecular flexibility index (Phi) is 12.0. The molecule has 2 rings (SSSR count). The van der Waals surface area contributed by atoms with Gasteiger partial charge in [0.15, 0.2) is 5.81 Å².